The monoisotopic (exact) mass is 337 g/mol. The summed E-state index contributed by atoms with van der Waals surface area (Å²) in [5.41, 5.74) is 7.61. The number of nitriles is 1. The third-order valence-electron chi connectivity index (χ3n) is 3.64. The molecule has 0 bridgehead atoms. The Balaban J connectivity index is 1.70. The Morgan fingerprint density at radius 3 is 2.72 bits per heavy atom. The first-order chi connectivity index (χ1) is 12.2. The fourth-order valence-corrected chi connectivity index (χ4v) is 2.42. The Kier molecular flexibility index (Phi) is 4.85. The summed E-state index contributed by atoms with van der Waals surface area (Å²) in [6.45, 7) is 0.660. The molecule has 0 aliphatic carbocycles. The smallest absolute Gasteiger partial charge is 0.145 e. The van der Waals surface area contributed by atoms with Crippen molar-refractivity contribution in [3.05, 3.63) is 59.9 Å². The van der Waals surface area contributed by atoms with Gasteiger partial charge in [0.2, 0.25) is 0 Å². The number of aromatic nitrogens is 4. The van der Waals surface area contributed by atoms with E-state index in [1.807, 2.05) is 0 Å². The first kappa shape index (κ1) is 16.4. The first-order valence-corrected chi connectivity index (χ1v) is 7.72. The van der Waals surface area contributed by atoms with Crippen LogP contribution >= 0.6 is 0 Å². The SMILES string of the molecule is N#Cc1c(CCCNc2cnccn2)nn(-c2ccc(F)cc2)c1N. The van der Waals surface area contributed by atoms with E-state index in [1.165, 1.54) is 16.8 Å². The molecule has 0 unspecified atom stereocenters. The normalized spacial score (nSPS) is 10.4. The quantitative estimate of drug-likeness (QED) is 0.669. The molecule has 0 radical (unpaired) electrons. The highest BCUT2D eigenvalue weighted by atomic mass is 19.1. The van der Waals surface area contributed by atoms with E-state index in [4.69, 9.17) is 5.73 Å². The molecular weight excluding hydrogens is 321 g/mol. The Bertz CT molecular complexity index is 882. The van der Waals surface area contributed by atoms with Gasteiger partial charge in [0.05, 0.1) is 17.6 Å². The molecule has 0 saturated heterocycles. The zero-order valence-corrected chi connectivity index (χ0v) is 13.4. The van der Waals surface area contributed by atoms with Gasteiger partial charge in [0.1, 0.15) is 29.1 Å². The highest BCUT2D eigenvalue weighted by Crippen LogP contribution is 2.21. The zero-order chi connectivity index (χ0) is 17.6. The first-order valence-electron chi connectivity index (χ1n) is 7.72. The molecule has 0 aliphatic heterocycles. The van der Waals surface area contributed by atoms with Gasteiger partial charge in [-0.2, -0.15) is 10.4 Å². The Morgan fingerprint density at radius 2 is 2.04 bits per heavy atom. The van der Waals surface area contributed by atoms with Gasteiger partial charge in [-0.05, 0) is 37.1 Å². The summed E-state index contributed by atoms with van der Waals surface area (Å²) in [6, 6.07) is 7.89. The lowest BCUT2D eigenvalue weighted by Gasteiger charge is -2.04. The van der Waals surface area contributed by atoms with Gasteiger partial charge in [-0.1, -0.05) is 0 Å². The van der Waals surface area contributed by atoms with Crippen LogP contribution < -0.4 is 11.1 Å². The Hall–Kier alpha value is -3.47. The van der Waals surface area contributed by atoms with E-state index in [0.717, 1.165) is 6.42 Å². The van der Waals surface area contributed by atoms with Crippen molar-refractivity contribution < 1.29 is 4.39 Å². The third-order valence-corrected chi connectivity index (χ3v) is 3.64. The molecule has 3 N–H and O–H groups in total. The van der Waals surface area contributed by atoms with E-state index in [1.54, 1.807) is 30.7 Å². The van der Waals surface area contributed by atoms with Gasteiger partial charge in [-0.25, -0.2) is 14.1 Å². The molecule has 1 aromatic carbocycles. The maximum Gasteiger partial charge on any atom is 0.145 e. The fourth-order valence-electron chi connectivity index (χ4n) is 2.42. The minimum atomic E-state index is -0.342. The summed E-state index contributed by atoms with van der Waals surface area (Å²) in [4.78, 5) is 8.10. The lowest BCUT2D eigenvalue weighted by Crippen LogP contribution is -2.05. The molecule has 25 heavy (non-hydrogen) atoms. The van der Waals surface area contributed by atoms with Gasteiger partial charge in [0, 0.05) is 18.9 Å². The summed E-state index contributed by atoms with van der Waals surface area (Å²) in [7, 11) is 0. The average Bonchev–Trinajstić information content (AvgIpc) is 2.96. The van der Waals surface area contributed by atoms with E-state index >= 15 is 0 Å². The molecule has 3 rings (SSSR count). The molecule has 7 nitrogen and oxygen atoms in total. The molecule has 2 heterocycles. The number of halogens is 1. The molecule has 0 amide bonds. The number of nitrogens with one attached hydrogen (secondary N) is 1. The molecule has 0 atom stereocenters. The van der Waals surface area contributed by atoms with Gasteiger partial charge in [-0.15, -0.1) is 0 Å². The van der Waals surface area contributed by atoms with Crippen LogP contribution in [0.3, 0.4) is 0 Å². The maximum absolute atomic E-state index is 13.1. The number of nitrogens with zero attached hydrogens (tertiary/aromatic N) is 5. The standard InChI is InChI=1S/C17H16FN7/c18-12-3-5-13(6-4-12)25-17(20)14(10-19)15(24-25)2-1-7-22-16-11-21-8-9-23-16/h3-6,8-9,11H,1-2,7,20H2,(H,22,23). The molecule has 126 valence electrons. The van der Waals surface area contributed by atoms with Crippen LogP contribution in [0.15, 0.2) is 42.9 Å². The zero-order valence-electron chi connectivity index (χ0n) is 13.4. The fraction of sp³-hybridized carbons (Fsp3) is 0.176. The number of nitrogen functional groups attached to an aromatic ring is 1. The Morgan fingerprint density at radius 1 is 1.24 bits per heavy atom. The second-order valence-corrected chi connectivity index (χ2v) is 5.33. The molecular formula is C17H16FN7. The number of anilines is 2. The van der Waals surface area contributed by atoms with Crippen molar-refractivity contribution in [3.63, 3.8) is 0 Å². The average molecular weight is 337 g/mol. The summed E-state index contributed by atoms with van der Waals surface area (Å²) in [6.07, 6.45) is 6.18. The van der Waals surface area contributed by atoms with Gasteiger partial charge in [-0.3, -0.25) is 4.98 Å². The molecule has 2 aromatic heterocycles. The van der Waals surface area contributed by atoms with Crippen molar-refractivity contribution >= 4 is 11.6 Å². The Labute approximate surface area is 143 Å². The molecule has 0 aliphatic rings. The van der Waals surface area contributed by atoms with Crippen LogP contribution in [0.4, 0.5) is 16.0 Å². The minimum absolute atomic E-state index is 0.256. The topological polar surface area (TPSA) is 105 Å². The van der Waals surface area contributed by atoms with Crippen LogP contribution in [0.25, 0.3) is 5.69 Å². The number of hydrogen-bond donors (Lipinski definition) is 2. The number of benzene rings is 1. The van der Waals surface area contributed by atoms with Crippen molar-refractivity contribution in [2.24, 2.45) is 0 Å². The van der Waals surface area contributed by atoms with Crippen LogP contribution in [-0.2, 0) is 6.42 Å². The van der Waals surface area contributed by atoms with E-state index in [0.29, 0.717) is 35.7 Å². The van der Waals surface area contributed by atoms with Gasteiger partial charge in [0.25, 0.3) is 0 Å². The highest BCUT2D eigenvalue weighted by Gasteiger charge is 2.16. The number of aryl methyl sites for hydroxylation is 1. The molecule has 3 aromatic rings. The van der Waals surface area contributed by atoms with Crippen molar-refractivity contribution in [1.82, 2.24) is 19.7 Å². The minimum Gasteiger partial charge on any atom is -0.382 e. The summed E-state index contributed by atoms with van der Waals surface area (Å²) >= 11 is 0. The van der Waals surface area contributed by atoms with Gasteiger partial charge >= 0.3 is 0 Å². The van der Waals surface area contributed by atoms with E-state index in [-0.39, 0.29) is 11.6 Å². The highest BCUT2D eigenvalue weighted by molar-refractivity contribution is 5.56. The van der Waals surface area contributed by atoms with Crippen molar-refractivity contribution in [1.29, 1.82) is 5.26 Å². The number of rotatable bonds is 6. The van der Waals surface area contributed by atoms with Gasteiger partial charge < -0.3 is 11.1 Å². The van der Waals surface area contributed by atoms with Crippen molar-refractivity contribution in [2.45, 2.75) is 12.8 Å². The summed E-state index contributed by atoms with van der Waals surface area (Å²) in [5.74, 6) is 0.607. The third kappa shape index (κ3) is 3.72. The second-order valence-electron chi connectivity index (χ2n) is 5.33. The predicted octanol–water partition coefficient (Wildman–Crippen LogP) is 2.30. The second kappa shape index (κ2) is 7.40. The molecule has 0 spiro atoms. The maximum atomic E-state index is 13.1. The van der Waals surface area contributed by atoms with Crippen LogP contribution in [0.2, 0.25) is 0 Å². The van der Waals surface area contributed by atoms with Crippen LogP contribution in [0.1, 0.15) is 17.7 Å². The lowest BCUT2D eigenvalue weighted by atomic mass is 10.1. The molecule has 0 saturated carbocycles. The number of hydrogen-bond acceptors (Lipinski definition) is 6. The number of nitrogens with two attached hydrogens (primary N) is 1. The summed E-state index contributed by atoms with van der Waals surface area (Å²) < 4.78 is 14.5. The van der Waals surface area contributed by atoms with Gasteiger partial charge in [0.15, 0.2) is 0 Å². The van der Waals surface area contributed by atoms with Crippen molar-refractivity contribution in [3.8, 4) is 11.8 Å². The molecule has 0 fully saturated rings. The predicted molar refractivity (Wildman–Crippen MR) is 91.5 cm³/mol. The van der Waals surface area contributed by atoms with Crippen LogP contribution in [0, 0.1) is 17.1 Å². The van der Waals surface area contributed by atoms with Crippen molar-refractivity contribution in [2.75, 3.05) is 17.6 Å². The van der Waals surface area contributed by atoms with Crippen LogP contribution in [-0.4, -0.2) is 26.3 Å². The summed E-state index contributed by atoms with van der Waals surface area (Å²) in [5, 5.41) is 16.9. The van der Waals surface area contributed by atoms with Crippen LogP contribution in [0.5, 0.6) is 0 Å². The molecule has 8 heteroatoms. The van der Waals surface area contributed by atoms with E-state index in [9.17, 15) is 9.65 Å². The lowest BCUT2D eigenvalue weighted by molar-refractivity contribution is 0.627. The largest absolute Gasteiger partial charge is 0.382 e. The van der Waals surface area contributed by atoms with E-state index < -0.39 is 0 Å². The van der Waals surface area contributed by atoms with E-state index in [2.05, 4.69) is 26.5 Å².